The van der Waals surface area contributed by atoms with E-state index in [1.807, 2.05) is 31.2 Å². The van der Waals surface area contributed by atoms with E-state index in [-0.39, 0.29) is 18.0 Å². The van der Waals surface area contributed by atoms with Gasteiger partial charge >= 0.3 is 18.0 Å². The summed E-state index contributed by atoms with van der Waals surface area (Å²) in [5, 5.41) is 8.40. The largest absolute Gasteiger partial charge is 0.483 e. The number of hydrogen-bond acceptors (Lipinski definition) is 5. The van der Waals surface area contributed by atoms with Crippen LogP contribution >= 0.6 is 0 Å². The molecule has 0 unspecified atom stereocenters. The molecule has 3 N–H and O–H groups in total. The van der Waals surface area contributed by atoms with E-state index >= 15 is 0 Å². The number of carbonyl (C=O) groups excluding carboxylic acids is 3. The van der Waals surface area contributed by atoms with Gasteiger partial charge in [0.1, 0.15) is 5.75 Å². The molecule has 0 aliphatic carbocycles. The first kappa shape index (κ1) is 26.9. The van der Waals surface area contributed by atoms with Gasteiger partial charge in [0.25, 0.3) is 5.91 Å². The van der Waals surface area contributed by atoms with Gasteiger partial charge in [-0.1, -0.05) is 54.1 Å². The van der Waals surface area contributed by atoms with Gasteiger partial charge in [-0.3, -0.25) is 14.4 Å². The van der Waals surface area contributed by atoms with Crippen molar-refractivity contribution in [1.29, 1.82) is 0 Å². The Bertz CT molecular complexity index is 1290. The van der Waals surface area contributed by atoms with Crippen LogP contribution in [0.5, 0.6) is 5.75 Å². The van der Waals surface area contributed by atoms with E-state index in [1.165, 1.54) is 24.4 Å². The van der Waals surface area contributed by atoms with Crippen LogP contribution in [0.2, 0.25) is 0 Å². The van der Waals surface area contributed by atoms with Gasteiger partial charge in [-0.15, -0.1) is 0 Å². The Morgan fingerprint density at radius 2 is 1.59 bits per heavy atom. The molecule has 0 aliphatic heterocycles. The molecule has 11 heteroatoms. The van der Waals surface area contributed by atoms with Gasteiger partial charge in [-0.2, -0.15) is 18.3 Å². The van der Waals surface area contributed by atoms with Gasteiger partial charge < -0.3 is 15.4 Å². The van der Waals surface area contributed by atoms with Crippen molar-refractivity contribution < 1.29 is 32.3 Å². The lowest BCUT2D eigenvalue weighted by Gasteiger charge is -2.14. The van der Waals surface area contributed by atoms with Gasteiger partial charge in [0.15, 0.2) is 6.61 Å². The van der Waals surface area contributed by atoms with E-state index in [0.717, 1.165) is 23.3 Å². The number of nitrogens with zero attached hydrogens (tertiary/aromatic N) is 1. The predicted molar refractivity (Wildman–Crippen MR) is 131 cm³/mol. The fraction of sp³-hybridized carbons (Fsp3) is 0.154. The molecule has 0 aromatic heterocycles. The first-order valence-electron chi connectivity index (χ1n) is 11.0. The summed E-state index contributed by atoms with van der Waals surface area (Å²) in [5.74, 6) is -2.48. The molecule has 0 spiro atoms. The molecule has 0 heterocycles. The van der Waals surface area contributed by atoms with Gasteiger partial charge in [-0.25, -0.2) is 5.43 Å². The highest BCUT2D eigenvalue weighted by molar-refractivity contribution is 6.35. The van der Waals surface area contributed by atoms with Crippen LogP contribution in [0.25, 0.3) is 0 Å². The number of alkyl halides is 3. The molecule has 192 valence electrons. The number of benzene rings is 3. The third-order valence-corrected chi connectivity index (χ3v) is 4.93. The minimum absolute atomic E-state index is 0.169. The lowest BCUT2D eigenvalue weighted by molar-refractivity contribution is -0.139. The van der Waals surface area contributed by atoms with E-state index < -0.39 is 36.1 Å². The normalized spacial score (nSPS) is 11.1. The van der Waals surface area contributed by atoms with E-state index in [9.17, 15) is 27.6 Å². The zero-order valence-corrected chi connectivity index (χ0v) is 19.6. The zero-order valence-electron chi connectivity index (χ0n) is 19.6. The highest BCUT2D eigenvalue weighted by atomic mass is 19.4. The van der Waals surface area contributed by atoms with Gasteiger partial charge in [0.2, 0.25) is 0 Å². The molecule has 3 amide bonds. The number of aryl methyl sites for hydroxylation is 1. The van der Waals surface area contributed by atoms with Gasteiger partial charge in [-0.05, 0) is 36.8 Å². The number of halogens is 3. The molecule has 0 bridgehead atoms. The summed E-state index contributed by atoms with van der Waals surface area (Å²) in [6.07, 6.45) is -3.42. The van der Waals surface area contributed by atoms with Crippen LogP contribution in [-0.4, -0.2) is 30.5 Å². The van der Waals surface area contributed by atoms with Gasteiger partial charge in [0, 0.05) is 12.1 Å². The molecular weight excluding hydrogens is 489 g/mol. The fourth-order valence-electron chi connectivity index (χ4n) is 3.07. The number of hydrazone groups is 1. The molecule has 0 fully saturated rings. The highest BCUT2D eigenvalue weighted by Crippen LogP contribution is 2.34. The Labute approximate surface area is 210 Å². The monoisotopic (exact) mass is 512 g/mol. The molecule has 0 radical (unpaired) electrons. The zero-order chi connectivity index (χ0) is 26.8. The number of carbonyl (C=O) groups is 3. The number of ether oxygens (including phenoxy) is 1. The topological polar surface area (TPSA) is 109 Å². The minimum Gasteiger partial charge on any atom is -0.483 e. The van der Waals surface area contributed by atoms with Crippen molar-refractivity contribution in [3.8, 4) is 5.75 Å². The Hall–Kier alpha value is -4.67. The second-order valence-electron chi connectivity index (χ2n) is 7.79. The van der Waals surface area contributed by atoms with Crippen molar-refractivity contribution in [3.63, 3.8) is 0 Å². The molecular formula is C26H23F3N4O4. The SMILES string of the molecule is Cc1ccc(CNC(=O)C(=O)N/N=C\c2ccccc2OCC(=O)Nc2ccccc2C(F)(F)F)cc1. The molecule has 0 saturated carbocycles. The molecule has 8 nitrogen and oxygen atoms in total. The van der Waals surface area contributed by atoms with Crippen molar-refractivity contribution in [2.75, 3.05) is 11.9 Å². The van der Waals surface area contributed by atoms with E-state index in [1.54, 1.807) is 18.2 Å². The van der Waals surface area contributed by atoms with Gasteiger partial charge in [0.05, 0.1) is 17.5 Å². The Kier molecular flexibility index (Phi) is 8.98. The number of hydrogen-bond donors (Lipinski definition) is 3. The fourth-order valence-corrected chi connectivity index (χ4v) is 3.07. The summed E-state index contributed by atoms with van der Waals surface area (Å²) >= 11 is 0. The van der Waals surface area contributed by atoms with E-state index in [0.29, 0.717) is 5.56 Å². The molecule has 3 aromatic carbocycles. The van der Waals surface area contributed by atoms with Crippen molar-refractivity contribution in [2.24, 2.45) is 5.10 Å². The van der Waals surface area contributed by atoms with E-state index in [2.05, 4.69) is 21.2 Å². The second kappa shape index (κ2) is 12.3. The third-order valence-electron chi connectivity index (χ3n) is 4.93. The summed E-state index contributed by atoms with van der Waals surface area (Å²) in [5.41, 5.74) is 2.98. The Morgan fingerprint density at radius 1 is 0.919 bits per heavy atom. The van der Waals surface area contributed by atoms with Crippen molar-refractivity contribution in [3.05, 3.63) is 95.1 Å². The van der Waals surface area contributed by atoms with Crippen LogP contribution in [0.1, 0.15) is 22.3 Å². The maximum Gasteiger partial charge on any atom is 0.418 e. The summed E-state index contributed by atoms with van der Waals surface area (Å²) in [4.78, 5) is 36.1. The maximum atomic E-state index is 13.1. The summed E-state index contributed by atoms with van der Waals surface area (Å²) < 4.78 is 44.7. The number of rotatable bonds is 8. The lowest BCUT2D eigenvalue weighted by Crippen LogP contribution is -2.37. The average Bonchev–Trinajstić information content (AvgIpc) is 2.87. The minimum atomic E-state index is -4.63. The number of anilines is 1. The molecule has 0 aliphatic rings. The molecule has 0 saturated heterocycles. The standard InChI is InChI=1S/C26H23F3N4O4/c1-17-10-12-18(13-11-17)14-30-24(35)25(36)33-31-15-19-6-2-5-9-22(19)37-16-23(34)32-21-8-4-3-7-20(21)26(27,28)29/h2-13,15H,14,16H2,1H3,(H,30,35)(H,32,34)(H,33,36)/b31-15-. The van der Waals surface area contributed by atoms with Crippen LogP contribution < -0.4 is 20.8 Å². The van der Waals surface area contributed by atoms with Crippen molar-refractivity contribution in [1.82, 2.24) is 10.7 Å². The smallest absolute Gasteiger partial charge is 0.418 e. The van der Waals surface area contributed by atoms with Crippen LogP contribution in [0.3, 0.4) is 0 Å². The molecule has 0 atom stereocenters. The number of para-hydroxylation sites is 2. The second-order valence-corrected chi connectivity index (χ2v) is 7.79. The Balaban J connectivity index is 1.52. The summed E-state index contributed by atoms with van der Waals surface area (Å²) in [6, 6.07) is 18.4. The summed E-state index contributed by atoms with van der Waals surface area (Å²) in [7, 11) is 0. The number of amides is 3. The molecule has 37 heavy (non-hydrogen) atoms. The van der Waals surface area contributed by atoms with E-state index in [4.69, 9.17) is 4.74 Å². The third kappa shape index (κ3) is 8.20. The van der Waals surface area contributed by atoms with Crippen molar-refractivity contribution in [2.45, 2.75) is 19.6 Å². The average molecular weight is 512 g/mol. The van der Waals surface area contributed by atoms with Crippen LogP contribution in [0.15, 0.2) is 77.9 Å². The van der Waals surface area contributed by atoms with Crippen LogP contribution in [-0.2, 0) is 27.1 Å². The first-order valence-corrected chi connectivity index (χ1v) is 11.0. The van der Waals surface area contributed by atoms with Crippen molar-refractivity contribution >= 4 is 29.6 Å². The molecule has 3 rings (SSSR count). The maximum absolute atomic E-state index is 13.1. The Morgan fingerprint density at radius 3 is 2.32 bits per heavy atom. The highest BCUT2D eigenvalue weighted by Gasteiger charge is 2.33. The predicted octanol–water partition coefficient (Wildman–Crippen LogP) is 3.80. The molecule has 3 aromatic rings. The van der Waals surface area contributed by atoms with Crippen LogP contribution in [0, 0.1) is 6.92 Å². The lowest BCUT2D eigenvalue weighted by atomic mass is 10.1. The van der Waals surface area contributed by atoms with Crippen LogP contribution in [0.4, 0.5) is 18.9 Å². The quantitative estimate of drug-likeness (QED) is 0.242. The first-order chi connectivity index (χ1) is 17.6. The summed E-state index contributed by atoms with van der Waals surface area (Å²) in [6.45, 7) is 1.52. The number of nitrogens with one attached hydrogen (secondary N) is 3.